The Kier molecular flexibility index (Phi) is 4.19. The van der Waals surface area contributed by atoms with Gasteiger partial charge in [-0.15, -0.1) is 0 Å². The SMILES string of the molecule is CC(c1ccc(OC2CCN(C)C2)cc1)C(C)(C)C. The molecule has 1 fully saturated rings. The van der Waals surface area contributed by atoms with Crippen molar-refractivity contribution in [1.82, 2.24) is 4.90 Å². The van der Waals surface area contributed by atoms with Gasteiger partial charge in [-0.05, 0) is 42.5 Å². The fourth-order valence-electron chi connectivity index (χ4n) is 2.52. The van der Waals surface area contributed by atoms with Crippen LogP contribution in [0.3, 0.4) is 0 Å². The average molecular weight is 261 g/mol. The highest BCUT2D eigenvalue weighted by Crippen LogP contribution is 2.35. The maximum absolute atomic E-state index is 6.02. The molecule has 106 valence electrons. The highest BCUT2D eigenvalue weighted by molar-refractivity contribution is 5.30. The van der Waals surface area contributed by atoms with E-state index >= 15 is 0 Å². The molecule has 0 spiro atoms. The second-order valence-electron chi connectivity index (χ2n) is 6.95. The molecule has 0 N–H and O–H groups in total. The summed E-state index contributed by atoms with van der Waals surface area (Å²) in [5, 5.41) is 0. The predicted molar refractivity (Wildman–Crippen MR) is 80.8 cm³/mol. The van der Waals surface area contributed by atoms with Crippen LogP contribution in [-0.4, -0.2) is 31.1 Å². The van der Waals surface area contributed by atoms with Crippen molar-refractivity contribution >= 4 is 0 Å². The zero-order chi connectivity index (χ0) is 14.0. The Labute approximate surface area is 117 Å². The van der Waals surface area contributed by atoms with Crippen LogP contribution in [0.4, 0.5) is 0 Å². The van der Waals surface area contributed by atoms with Crippen LogP contribution in [0, 0.1) is 5.41 Å². The third-order valence-corrected chi connectivity index (χ3v) is 4.33. The third kappa shape index (κ3) is 3.73. The summed E-state index contributed by atoms with van der Waals surface area (Å²) in [7, 11) is 2.15. The maximum Gasteiger partial charge on any atom is 0.119 e. The lowest BCUT2D eigenvalue weighted by Gasteiger charge is -2.27. The summed E-state index contributed by atoms with van der Waals surface area (Å²) in [4.78, 5) is 2.32. The molecule has 2 unspecified atom stereocenters. The first-order chi connectivity index (χ1) is 8.86. The Bertz CT molecular complexity index is 404. The molecule has 0 amide bonds. The quantitative estimate of drug-likeness (QED) is 0.817. The van der Waals surface area contributed by atoms with Crippen molar-refractivity contribution in [3.8, 4) is 5.75 Å². The van der Waals surface area contributed by atoms with Gasteiger partial charge in [-0.25, -0.2) is 0 Å². The Balaban J connectivity index is 1.98. The first-order valence-electron chi connectivity index (χ1n) is 7.31. The monoisotopic (exact) mass is 261 g/mol. The summed E-state index contributed by atoms with van der Waals surface area (Å²) in [6.07, 6.45) is 1.49. The van der Waals surface area contributed by atoms with Crippen molar-refractivity contribution in [1.29, 1.82) is 0 Å². The highest BCUT2D eigenvalue weighted by Gasteiger charge is 2.23. The van der Waals surface area contributed by atoms with E-state index in [1.54, 1.807) is 0 Å². The van der Waals surface area contributed by atoms with Gasteiger partial charge >= 0.3 is 0 Å². The number of benzene rings is 1. The second-order valence-corrected chi connectivity index (χ2v) is 6.95. The van der Waals surface area contributed by atoms with Crippen molar-refractivity contribution in [3.05, 3.63) is 29.8 Å². The summed E-state index contributed by atoms with van der Waals surface area (Å²) in [5.41, 5.74) is 1.69. The molecule has 2 heteroatoms. The smallest absolute Gasteiger partial charge is 0.119 e. The van der Waals surface area contributed by atoms with E-state index in [-0.39, 0.29) is 0 Å². The molecule has 0 saturated carbocycles. The van der Waals surface area contributed by atoms with Crippen LogP contribution >= 0.6 is 0 Å². The summed E-state index contributed by atoms with van der Waals surface area (Å²) in [6.45, 7) is 11.3. The number of likely N-dealkylation sites (tertiary alicyclic amines) is 1. The molecule has 0 bridgehead atoms. The van der Waals surface area contributed by atoms with Gasteiger partial charge in [0.2, 0.25) is 0 Å². The van der Waals surface area contributed by atoms with Gasteiger partial charge in [0.15, 0.2) is 0 Å². The molecule has 0 radical (unpaired) electrons. The van der Waals surface area contributed by atoms with Crippen LogP contribution in [-0.2, 0) is 0 Å². The second kappa shape index (κ2) is 5.54. The topological polar surface area (TPSA) is 12.5 Å². The van der Waals surface area contributed by atoms with Gasteiger partial charge in [-0.1, -0.05) is 39.8 Å². The Hall–Kier alpha value is -1.02. The van der Waals surface area contributed by atoms with Crippen molar-refractivity contribution in [3.63, 3.8) is 0 Å². The molecular weight excluding hydrogens is 234 g/mol. The predicted octanol–water partition coefficient (Wildman–Crippen LogP) is 3.92. The number of rotatable bonds is 3. The molecule has 2 nitrogen and oxygen atoms in total. The number of ether oxygens (including phenoxy) is 1. The van der Waals surface area contributed by atoms with Crippen LogP contribution < -0.4 is 4.74 Å². The molecule has 0 aliphatic carbocycles. The molecule has 19 heavy (non-hydrogen) atoms. The molecule has 1 saturated heterocycles. The Morgan fingerprint density at radius 1 is 1.21 bits per heavy atom. The van der Waals surface area contributed by atoms with Gasteiger partial charge in [0.25, 0.3) is 0 Å². The molecule has 1 aliphatic heterocycles. The molecular formula is C17H27NO. The van der Waals surface area contributed by atoms with Crippen molar-refractivity contribution < 1.29 is 4.74 Å². The standard InChI is InChI=1S/C17H27NO/c1-13(17(2,3)4)14-6-8-15(9-7-14)19-16-10-11-18(5)12-16/h6-9,13,16H,10-12H2,1-5H3. The van der Waals surface area contributed by atoms with Crippen molar-refractivity contribution in [2.24, 2.45) is 5.41 Å². The normalized spacial score (nSPS) is 22.5. The molecule has 2 rings (SSSR count). The van der Waals surface area contributed by atoms with Gasteiger partial charge in [0.1, 0.15) is 11.9 Å². The van der Waals surface area contributed by atoms with E-state index in [9.17, 15) is 0 Å². The van der Waals surface area contributed by atoms with E-state index in [1.165, 1.54) is 5.56 Å². The van der Waals surface area contributed by atoms with Gasteiger partial charge in [0, 0.05) is 13.1 Å². The van der Waals surface area contributed by atoms with E-state index in [2.05, 4.69) is 63.9 Å². The van der Waals surface area contributed by atoms with Crippen molar-refractivity contribution in [2.75, 3.05) is 20.1 Å². The summed E-state index contributed by atoms with van der Waals surface area (Å²) in [6, 6.07) is 8.67. The van der Waals surface area contributed by atoms with Crippen LogP contribution in [0.5, 0.6) is 5.75 Å². The van der Waals surface area contributed by atoms with Crippen molar-refractivity contribution in [2.45, 2.75) is 46.1 Å². The Morgan fingerprint density at radius 2 is 1.84 bits per heavy atom. The summed E-state index contributed by atoms with van der Waals surface area (Å²) < 4.78 is 6.02. The largest absolute Gasteiger partial charge is 0.489 e. The number of nitrogens with zero attached hydrogens (tertiary/aromatic N) is 1. The molecule has 1 heterocycles. The molecule has 1 aromatic carbocycles. The average Bonchev–Trinajstić information content (AvgIpc) is 2.74. The van der Waals surface area contributed by atoms with E-state index in [0.29, 0.717) is 17.4 Å². The van der Waals surface area contributed by atoms with Gasteiger partial charge < -0.3 is 9.64 Å². The van der Waals surface area contributed by atoms with Gasteiger partial charge in [0.05, 0.1) is 0 Å². The minimum Gasteiger partial charge on any atom is -0.489 e. The summed E-state index contributed by atoms with van der Waals surface area (Å²) in [5.74, 6) is 1.56. The zero-order valence-electron chi connectivity index (χ0n) is 12.9. The number of likely N-dealkylation sites (N-methyl/N-ethyl adjacent to an activating group) is 1. The lowest BCUT2D eigenvalue weighted by Crippen LogP contribution is -2.21. The van der Waals surface area contributed by atoms with Crippen LogP contribution in [0.1, 0.15) is 45.6 Å². The van der Waals surface area contributed by atoms with Crippen LogP contribution in [0.2, 0.25) is 0 Å². The van der Waals surface area contributed by atoms with Crippen LogP contribution in [0.25, 0.3) is 0 Å². The first-order valence-corrected chi connectivity index (χ1v) is 7.31. The molecule has 0 aromatic heterocycles. The van der Waals surface area contributed by atoms with Crippen LogP contribution in [0.15, 0.2) is 24.3 Å². The van der Waals surface area contributed by atoms with E-state index in [1.807, 2.05) is 0 Å². The molecule has 2 atom stereocenters. The van der Waals surface area contributed by atoms with E-state index < -0.39 is 0 Å². The van der Waals surface area contributed by atoms with Gasteiger partial charge in [-0.2, -0.15) is 0 Å². The van der Waals surface area contributed by atoms with E-state index in [4.69, 9.17) is 4.74 Å². The number of hydrogen-bond donors (Lipinski definition) is 0. The molecule has 1 aromatic rings. The minimum atomic E-state index is 0.302. The zero-order valence-corrected chi connectivity index (χ0v) is 12.9. The third-order valence-electron chi connectivity index (χ3n) is 4.33. The van der Waals surface area contributed by atoms with E-state index in [0.717, 1.165) is 25.3 Å². The summed E-state index contributed by atoms with van der Waals surface area (Å²) >= 11 is 0. The Morgan fingerprint density at radius 3 is 2.32 bits per heavy atom. The fraction of sp³-hybridized carbons (Fsp3) is 0.647. The number of hydrogen-bond acceptors (Lipinski definition) is 2. The lowest BCUT2D eigenvalue weighted by molar-refractivity contribution is 0.208. The van der Waals surface area contributed by atoms with Gasteiger partial charge in [-0.3, -0.25) is 0 Å². The minimum absolute atomic E-state index is 0.302. The molecule has 1 aliphatic rings. The first kappa shape index (κ1) is 14.4. The lowest BCUT2D eigenvalue weighted by atomic mass is 9.78. The maximum atomic E-state index is 6.02. The highest BCUT2D eigenvalue weighted by atomic mass is 16.5. The fourth-order valence-corrected chi connectivity index (χ4v) is 2.52.